The Morgan fingerprint density at radius 1 is 0.543 bits per heavy atom. The fourth-order valence-corrected chi connectivity index (χ4v) is 9.39. The maximum atomic E-state index is 9.00. The first-order valence-corrected chi connectivity index (χ1v) is 14.7. The van der Waals surface area contributed by atoms with E-state index >= 15 is 0 Å². The Morgan fingerprint density at radius 3 is 0.857 bits per heavy atom. The minimum atomic E-state index is -0.833. The van der Waals surface area contributed by atoms with E-state index in [1.54, 1.807) is 10.6 Å². The number of hydrogen-bond acceptors (Lipinski definition) is 2. The van der Waals surface area contributed by atoms with Gasteiger partial charge in [-0.3, -0.25) is 9.59 Å². The van der Waals surface area contributed by atoms with Crippen LogP contribution in [0.25, 0.3) is 0 Å². The molecule has 0 unspecified atom stereocenters. The molecule has 2 N–H and O–H groups in total. The third-order valence-electron chi connectivity index (χ3n) is 4.33. The van der Waals surface area contributed by atoms with Crippen LogP contribution in [0.3, 0.4) is 0 Å². The maximum Gasteiger partial charge on any atom is 0.300 e. The minimum absolute atomic E-state index is 0. The molecule has 4 nitrogen and oxygen atoms in total. The molecular weight excluding hydrogens is 569 g/mol. The summed E-state index contributed by atoms with van der Waals surface area (Å²) < 4.78 is 0. The van der Waals surface area contributed by atoms with E-state index in [9.17, 15) is 0 Å². The molecule has 202 valence electrons. The normalized spacial score (nSPS) is 10.1. The van der Waals surface area contributed by atoms with Crippen molar-refractivity contribution < 1.29 is 40.2 Å². The number of rotatable bonds is 6. The number of aliphatic carboxylic acids is 2. The third-order valence-corrected chi connectivity index (χ3v) is 10.6. The summed E-state index contributed by atoms with van der Waals surface area (Å²) >= 11 is 0. The number of carbonyl (C=O) groups is 2. The van der Waals surface area contributed by atoms with Crippen LogP contribution in [-0.2, 0) is 30.0 Å². The Hall–Kier alpha value is -1.10. The molecule has 0 radical (unpaired) electrons. The quantitative estimate of drug-likeness (QED) is 0.263. The topological polar surface area (TPSA) is 74.6 Å². The summed E-state index contributed by atoms with van der Waals surface area (Å²) in [6.45, 7) is 20.8. The first kappa shape index (κ1) is 38.4. The van der Waals surface area contributed by atoms with E-state index in [1.807, 2.05) is 0 Å². The SMILES string of the molecule is CC(=O)O.CC(=O)O.CC(C)P(c1ccccc1)C(C)C.CC(C)P(c1ccccc1)C(C)C.[Pd]. The number of benzene rings is 2. The smallest absolute Gasteiger partial charge is 0.300 e. The summed E-state index contributed by atoms with van der Waals surface area (Å²) in [5.74, 6) is -1.67. The Balaban J connectivity index is -0.000000440. The molecule has 0 saturated carbocycles. The van der Waals surface area contributed by atoms with E-state index in [4.69, 9.17) is 19.8 Å². The van der Waals surface area contributed by atoms with Crippen LogP contribution in [0.15, 0.2) is 60.7 Å². The molecule has 0 aliphatic rings. The van der Waals surface area contributed by atoms with Crippen LogP contribution in [0.4, 0.5) is 0 Å². The minimum Gasteiger partial charge on any atom is -0.481 e. The van der Waals surface area contributed by atoms with Gasteiger partial charge < -0.3 is 10.2 Å². The van der Waals surface area contributed by atoms with E-state index < -0.39 is 11.9 Å². The summed E-state index contributed by atoms with van der Waals surface area (Å²) in [4.78, 5) is 18.0. The van der Waals surface area contributed by atoms with Gasteiger partial charge >= 0.3 is 0 Å². The first-order valence-electron chi connectivity index (χ1n) is 11.8. The van der Waals surface area contributed by atoms with Crippen LogP contribution in [0, 0.1) is 0 Å². The van der Waals surface area contributed by atoms with Crippen molar-refractivity contribution >= 4 is 38.4 Å². The van der Waals surface area contributed by atoms with Gasteiger partial charge in [-0.2, -0.15) is 0 Å². The maximum absolute atomic E-state index is 9.00. The molecule has 0 aliphatic heterocycles. The number of hydrogen-bond donors (Lipinski definition) is 2. The van der Waals surface area contributed by atoms with Gasteiger partial charge in [-0.25, -0.2) is 0 Å². The van der Waals surface area contributed by atoms with Crippen molar-refractivity contribution in [3.8, 4) is 0 Å². The molecule has 0 spiro atoms. The standard InChI is InChI=1S/2C12H19P.2C2H4O2.Pd/c2*1-10(2)13(11(3)4)12-8-6-5-7-9-12;2*1-2(3)4;/h2*5-11H,1-4H3;2*1H3,(H,3,4);. The van der Waals surface area contributed by atoms with Gasteiger partial charge in [-0.1, -0.05) is 132 Å². The molecule has 0 bridgehead atoms. The van der Waals surface area contributed by atoms with Crippen LogP contribution in [0.2, 0.25) is 0 Å². The molecule has 0 aromatic heterocycles. The summed E-state index contributed by atoms with van der Waals surface area (Å²) in [6, 6.07) is 21.9. The van der Waals surface area contributed by atoms with Gasteiger partial charge in [-0.05, 0) is 33.2 Å². The van der Waals surface area contributed by atoms with Crippen molar-refractivity contribution in [1.29, 1.82) is 0 Å². The molecule has 2 aromatic carbocycles. The zero-order valence-electron chi connectivity index (χ0n) is 23.0. The van der Waals surface area contributed by atoms with Gasteiger partial charge in [0.1, 0.15) is 0 Å². The van der Waals surface area contributed by atoms with Crippen LogP contribution in [0.5, 0.6) is 0 Å². The summed E-state index contributed by atoms with van der Waals surface area (Å²) in [5.41, 5.74) is 3.16. The molecule has 7 heteroatoms. The van der Waals surface area contributed by atoms with E-state index in [0.717, 1.165) is 36.5 Å². The number of carboxylic acid groups (broad SMARTS) is 2. The summed E-state index contributed by atoms with van der Waals surface area (Å²) in [5, 5.41) is 17.9. The molecule has 0 saturated heterocycles. The van der Waals surface area contributed by atoms with Gasteiger partial charge in [0.15, 0.2) is 0 Å². The van der Waals surface area contributed by atoms with Gasteiger partial charge in [0, 0.05) is 34.3 Å². The fraction of sp³-hybridized carbons (Fsp3) is 0.500. The van der Waals surface area contributed by atoms with Gasteiger partial charge in [-0.15, -0.1) is 0 Å². The molecule has 0 aliphatic carbocycles. The van der Waals surface area contributed by atoms with E-state index in [-0.39, 0.29) is 36.3 Å². The molecule has 0 heterocycles. The van der Waals surface area contributed by atoms with Crippen molar-refractivity contribution in [2.45, 2.75) is 91.9 Å². The average molecular weight is 615 g/mol. The van der Waals surface area contributed by atoms with Crippen molar-refractivity contribution in [2.75, 3.05) is 0 Å². The Kier molecular flexibility index (Phi) is 24.3. The van der Waals surface area contributed by atoms with Gasteiger partial charge in [0.2, 0.25) is 0 Å². The van der Waals surface area contributed by atoms with Crippen LogP contribution in [0.1, 0.15) is 69.2 Å². The molecule has 2 rings (SSSR count). The molecule has 0 fully saturated rings. The molecule has 0 amide bonds. The van der Waals surface area contributed by atoms with Crippen LogP contribution < -0.4 is 10.6 Å². The largest absolute Gasteiger partial charge is 0.481 e. The monoisotopic (exact) mass is 614 g/mol. The predicted octanol–water partition coefficient (Wildman–Crippen LogP) is 7.40. The third kappa shape index (κ3) is 20.8. The van der Waals surface area contributed by atoms with E-state index in [2.05, 4.69) is 116 Å². The average Bonchev–Trinajstić information content (AvgIpc) is 2.68. The Morgan fingerprint density at radius 2 is 0.714 bits per heavy atom. The van der Waals surface area contributed by atoms with E-state index in [0.29, 0.717) is 0 Å². The second-order valence-corrected chi connectivity index (χ2v) is 15.7. The zero-order valence-corrected chi connectivity index (χ0v) is 26.3. The van der Waals surface area contributed by atoms with Gasteiger partial charge in [0.25, 0.3) is 11.9 Å². The van der Waals surface area contributed by atoms with Crippen molar-refractivity contribution in [3.05, 3.63) is 60.7 Å². The van der Waals surface area contributed by atoms with Crippen LogP contribution >= 0.6 is 15.8 Å². The molecule has 35 heavy (non-hydrogen) atoms. The summed E-state index contributed by atoms with van der Waals surface area (Å²) in [7, 11) is 0.0525. The molecule has 0 atom stereocenters. The fourth-order valence-electron chi connectivity index (χ4n) is 3.59. The zero-order chi connectivity index (χ0) is 26.8. The molecular formula is C28H46O4P2Pd. The van der Waals surface area contributed by atoms with Gasteiger partial charge in [0.05, 0.1) is 0 Å². The summed E-state index contributed by atoms with van der Waals surface area (Å²) in [6.07, 6.45) is 0. The Labute approximate surface area is 230 Å². The second-order valence-electron chi connectivity index (χ2n) is 8.90. The predicted molar refractivity (Wildman–Crippen MR) is 153 cm³/mol. The van der Waals surface area contributed by atoms with Crippen LogP contribution in [-0.4, -0.2) is 44.8 Å². The molecule has 2 aromatic rings. The second kappa shape index (κ2) is 22.1. The van der Waals surface area contributed by atoms with E-state index in [1.165, 1.54) is 0 Å². The Bertz CT molecular complexity index is 691. The number of carboxylic acids is 2. The van der Waals surface area contributed by atoms with Crippen molar-refractivity contribution in [1.82, 2.24) is 0 Å². The van der Waals surface area contributed by atoms with Crippen molar-refractivity contribution in [2.24, 2.45) is 0 Å². The first-order chi connectivity index (χ1) is 15.7. The van der Waals surface area contributed by atoms with Crippen molar-refractivity contribution in [3.63, 3.8) is 0 Å².